The van der Waals surface area contributed by atoms with E-state index in [1.54, 1.807) is 17.4 Å². The van der Waals surface area contributed by atoms with Crippen LogP contribution in [0.4, 0.5) is 10.5 Å². The van der Waals surface area contributed by atoms with E-state index >= 15 is 0 Å². The van der Waals surface area contributed by atoms with Crippen LogP contribution in [0.5, 0.6) is 0 Å². The van der Waals surface area contributed by atoms with Gasteiger partial charge in [-0.15, -0.1) is 0 Å². The number of nitrogens with zero attached hydrogens (tertiary/aromatic N) is 2. The van der Waals surface area contributed by atoms with Crippen molar-refractivity contribution in [3.05, 3.63) is 29.3 Å². The number of carbonyl (C=O) groups excluding carboxylic acids is 1. The van der Waals surface area contributed by atoms with Gasteiger partial charge >= 0.3 is 6.09 Å². The van der Waals surface area contributed by atoms with Gasteiger partial charge in [-0.2, -0.15) is 4.36 Å². The van der Waals surface area contributed by atoms with E-state index in [4.69, 9.17) is 4.74 Å². The van der Waals surface area contributed by atoms with E-state index in [9.17, 15) is 9.00 Å². The molecule has 0 aliphatic carbocycles. The summed E-state index contributed by atoms with van der Waals surface area (Å²) in [7, 11) is -2.18. The van der Waals surface area contributed by atoms with Crippen LogP contribution in [0.2, 0.25) is 0 Å². The molecule has 0 unspecified atom stereocenters. The Hall–Kier alpha value is -1.56. The van der Waals surface area contributed by atoms with Gasteiger partial charge in [0.25, 0.3) is 0 Å². The first-order valence-electron chi connectivity index (χ1n) is 6.80. The molecule has 1 heterocycles. The van der Waals surface area contributed by atoms with E-state index in [0.717, 1.165) is 11.1 Å². The van der Waals surface area contributed by atoms with E-state index in [1.807, 2.05) is 39.0 Å². The molecule has 0 atom stereocenters. The lowest BCUT2D eigenvalue weighted by molar-refractivity contribution is 0.0242. The highest BCUT2D eigenvalue weighted by Crippen LogP contribution is 2.28. The summed E-state index contributed by atoms with van der Waals surface area (Å²) in [4.78, 5) is 13.7. The summed E-state index contributed by atoms with van der Waals surface area (Å²) in [6, 6.07) is 5.67. The fourth-order valence-corrected chi connectivity index (χ4v) is 2.77. The smallest absolute Gasteiger partial charge is 0.410 e. The molecule has 0 saturated carbocycles. The second kappa shape index (κ2) is 5.33. The van der Waals surface area contributed by atoms with E-state index in [0.29, 0.717) is 18.8 Å². The van der Waals surface area contributed by atoms with Crippen molar-refractivity contribution in [3.8, 4) is 0 Å². The van der Waals surface area contributed by atoms with Gasteiger partial charge in [-0.25, -0.2) is 9.00 Å². The van der Waals surface area contributed by atoms with Crippen LogP contribution >= 0.6 is 0 Å². The van der Waals surface area contributed by atoms with Gasteiger partial charge in [0, 0.05) is 35.3 Å². The third kappa shape index (κ3) is 4.46. The van der Waals surface area contributed by atoms with Gasteiger partial charge in [0.2, 0.25) is 0 Å². The summed E-state index contributed by atoms with van der Waals surface area (Å²) in [5, 5.41) is 0. The first-order chi connectivity index (χ1) is 9.53. The molecule has 1 amide bonds. The zero-order chi connectivity index (χ0) is 15.8. The zero-order valence-electron chi connectivity index (χ0n) is 13.2. The maximum Gasteiger partial charge on any atom is 0.410 e. The van der Waals surface area contributed by atoms with Crippen LogP contribution in [-0.4, -0.2) is 33.3 Å². The second-order valence-electron chi connectivity index (χ2n) is 6.56. The van der Waals surface area contributed by atoms with E-state index in [1.165, 1.54) is 0 Å². The molecule has 1 aromatic rings. The van der Waals surface area contributed by atoms with Gasteiger partial charge in [0.05, 0.1) is 5.69 Å². The van der Waals surface area contributed by atoms with Gasteiger partial charge in [-0.3, -0.25) is 4.90 Å². The molecule has 1 aromatic carbocycles. The Morgan fingerprint density at radius 1 is 1.24 bits per heavy atom. The normalized spacial score (nSPS) is 14.8. The van der Waals surface area contributed by atoms with Crippen molar-refractivity contribution in [1.82, 2.24) is 4.90 Å². The minimum Gasteiger partial charge on any atom is -0.444 e. The maximum absolute atomic E-state index is 12.1. The lowest BCUT2D eigenvalue weighted by Crippen LogP contribution is -2.33. The Kier molecular flexibility index (Phi) is 4.02. The molecule has 0 bridgehead atoms. The molecule has 0 N–H and O–H groups in total. The lowest BCUT2D eigenvalue weighted by Gasteiger charge is -2.24. The number of amides is 1. The predicted octanol–water partition coefficient (Wildman–Crippen LogP) is 3.30. The van der Waals surface area contributed by atoms with Gasteiger partial charge in [0.1, 0.15) is 5.60 Å². The fraction of sp³-hybridized carbons (Fsp3) is 0.533. The summed E-state index contributed by atoms with van der Waals surface area (Å²) >= 11 is 0. The fourth-order valence-electron chi connectivity index (χ4n) is 2.15. The Labute approximate surface area is 126 Å². The summed E-state index contributed by atoms with van der Waals surface area (Å²) in [5.41, 5.74) is 2.31. The van der Waals surface area contributed by atoms with Crippen molar-refractivity contribution in [3.63, 3.8) is 0 Å². The van der Waals surface area contributed by atoms with Crippen LogP contribution in [0.25, 0.3) is 0 Å². The van der Waals surface area contributed by atoms with Crippen molar-refractivity contribution in [1.29, 1.82) is 0 Å². The van der Waals surface area contributed by atoms with E-state index in [-0.39, 0.29) is 6.09 Å². The van der Waals surface area contributed by atoms with E-state index < -0.39 is 15.3 Å². The van der Waals surface area contributed by atoms with Crippen molar-refractivity contribution in [2.75, 3.05) is 12.5 Å². The second-order valence-corrected chi connectivity index (χ2v) is 9.11. The summed E-state index contributed by atoms with van der Waals surface area (Å²) < 4.78 is 21.3. The Morgan fingerprint density at radius 2 is 1.86 bits per heavy atom. The topological polar surface area (TPSA) is 59.0 Å². The molecule has 0 saturated heterocycles. The van der Waals surface area contributed by atoms with Crippen LogP contribution < -0.4 is 0 Å². The molecule has 0 radical (unpaired) electrons. The highest BCUT2D eigenvalue weighted by Gasteiger charge is 2.27. The number of ether oxygens (including phenoxy) is 1. The number of hydrogen-bond donors (Lipinski definition) is 0. The van der Waals surface area contributed by atoms with Gasteiger partial charge < -0.3 is 4.74 Å². The molecule has 21 heavy (non-hydrogen) atoms. The zero-order valence-corrected chi connectivity index (χ0v) is 14.0. The minimum absolute atomic E-state index is 0.313. The monoisotopic (exact) mass is 310 g/mol. The number of rotatable bonds is 1. The third-order valence-corrected chi connectivity index (χ3v) is 3.54. The average molecular weight is 310 g/mol. The van der Waals surface area contributed by atoms with Crippen LogP contribution in [0.1, 0.15) is 31.9 Å². The summed E-state index contributed by atoms with van der Waals surface area (Å²) in [5.74, 6) is 0. The molecular formula is C15H22N2O3S. The van der Waals surface area contributed by atoms with Gasteiger partial charge in [-0.1, -0.05) is 6.07 Å². The molecule has 2 rings (SSSR count). The van der Waals surface area contributed by atoms with Crippen molar-refractivity contribution >= 4 is 21.5 Å². The van der Waals surface area contributed by atoms with Gasteiger partial charge in [-0.05, 0) is 44.0 Å². The molecule has 0 spiro atoms. The van der Waals surface area contributed by atoms with Crippen LogP contribution in [0.15, 0.2) is 22.6 Å². The lowest BCUT2D eigenvalue weighted by atomic mass is 10.1. The molecule has 1 aliphatic rings. The molecule has 6 heteroatoms. The predicted molar refractivity (Wildman–Crippen MR) is 84.0 cm³/mol. The molecule has 116 valence electrons. The Balaban J connectivity index is 2.17. The van der Waals surface area contributed by atoms with Crippen LogP contribution in [0.3, 0.4) is 0 Å². The summed E-state index contributed by atoms with van der Waals surface area (Å²) in [6.07, 6.45) is 2.90. The molecule has 5 nitrogen and oxygen atoms in total. The standard InChI is InChI=1S/C15H22N2O3S/c1-15(2,3)20-14(18)17-9-11-6-7-13(8-12(11)10-17)16-21(4,5)19/h6-8H,9-10H2,1-5H3. The minimum atomic E-state index is -2.18. The van der Waals surface area contributed by atoms with E-state index in [2.05, 4.69) is 4.36 Å². The number of carbonyl (C=O) groups is 1. The number of fused-ring (bicyclic) bond motifs is 1. The number of benzene rings is 1. The Bertz CT molecular complexity index is 675. The molecule has 1 aliphatic heterocycles. The quantitative estimate of drug-likeness (QED) is 0.799. The first kappa shape index (κ1) is 15.8. The van der Waals surface area contributed by atoms with Crippen LogP contribution in [-0.2, 0) is 27.6 Å². The van der Waals surface area contributed by atoms with Crippen molar-refractivity contribution in [2.45, 2.75) is 39.5 Å². The molecule has 0 aromatic heterocycles. The SMILES string of the molecule is CC(C)(C)OC(=O)N1Cc2ccc(N=S(C)(C)=O)cc2C1. The molecular weight excluding hydrogens is 288 g/mol. The summed E-state index contributed by atoms with van der Waals surface area (Å²) in [6.45, 7) is 6.60. The van der Waals surface area contributed by atoms with Crippen molar-refractivity contribution in [2.24, 2.45) is 4.36 Å². The first-order valence-corrected chi connectivity index (χ1v) is 9.13. The highest BCUT2D eigenvalue weighted by atomic mass is 32.2. The molecule has 0 fully saturated rings. The maximum atomic E-state index is 12.1. The average Bonchev–Trinajstić information content (AvgIpc) is 2.67. The third-order valence-electron chi connectivity index (χ3n) is 2.89. The highest BCUT2D eigenvalue weighted by molar-refractivity contribution is 7.92. The Morgan fingerprint density at radius 3 is 2.43 bits per heavy atom. The largest absolute Gasteiger partial charge is 0.444 e. The van der Waals surface area contributed by atoms with Crippen LogP contribution in [0, 0.1) is 0 Å². The number of hydrogen-bond acceptors (Lipinski definition) is 4. The van der Waals surface area contributed by atoms with Crippen molar-refractivity contribution < 1.29 is 13.7 Å². The van der Waals surface area contributed by atoms with Gasteiger partial charge in [0.15, 0.2) is 0 Å².